The molecule has 6 N–H and O–H groups in total. The van der Waals surface area contributed by atoms with E-state index in [4.69, 9.17) is 11.5 Å². The molecule has 2 amide bonds. The van der Waals surface area contributed by atoms with Crippen LogP contribution < -0.4 is 22.1 Å². The summed E-state index contributed by atoms with van der Waals surface area (Å²) in [6.07, 6.45) is 4.37. The standard InChI is InChI=1S/C22H26N4O2/c1-3-14(2)16-7-10-18(23)19(13-16)26-20(27)15-5-8-17(9-6-15)25-21(28)22(24)11-4-12-22/h3,5-10,13H,4,11-12,23-24H2,1-2H3,(H,25,28)(H,26,27)/b14-3+. The minimum atomic E-state index is -0.760. The first kappa shape index (κ1) is 19.6. The summed E-state index contributed by atoms with van der Waals surface area (Å²) in [5, 5.41) is 5.66. The van der Waals surface area contributed by atoms with Crippen LogP contribution in [0.1, 0.15) is 49.0 Å². The number of rotatable bonds is 5. The third-order valence-corrected chi connectivity index (χ3v) is 5.29. The molecule has 0 bridgehead atoms. The van der Waals surface area contributed by atoms with Crippen molar-refractivity contribution in [1.82, 2.24) is 0 Å². The average Bonchev–Trinajstić information content (AvgIpc) is 2.67. The second-order valence-electron chi connectivity index (χ2n) is 7.27. The molecule has 1 aliphatic rings. The molecule has 0 atom stereocenters. The highest BCUT2D eigenvalue weighted by atomic mass is 16.2. The smallest absolute Gasteiger partial charge is 0.255 e. The van der Waals surface area contributed by atoms with Gasteiger partial charge in [-0.1, -0.05) is 12.1 Å². The van der Waals surface area contributed by atoms with Gasteiger partial charge < -0.3 is 22.1 Å². The molecule has 0 aliphatic heterocycles. The molecule has 0 aromatic heterocycles. The zero-order chi connectivity index (χ0) is 20.3. The van der Waals surface area contributed by atoms with Gasteiger partial charge in [0.25, 0.3) is 5.91 Å². The molecule has 0 saturated heterocycles. The van der Waals surface area contributed by atoms with Gasteiger partial charge in [-0.3, -0.25) is 9.59 Å². The lowest BCUT2D eigenvalue weighted by atomic mass is 9.77. The number of carbonyl (C=O) groups excluding carboxylic acids is 2. The Morgan fingerprint density at radius 3 is 2.25 bits per heavy atom. The highest BCUT2D eigenvalue weighted by molar-refractivity contribution is 6.06. The molecule has 0 spiro atoms. The number of anilines is 3. The molecular formula is C22H26N4O2. The molecule has 1 fully saturated rings. The van der Waals surface area contributed by atoms with E-state index in [1.54, 1.807) is 30.3 Å². The summed E-state index contributed by atoms with van der Waals surface area (Å²) in [6.45, 7) is 3.96. The summed E-state index contributed by atoms with van der Waals surface area (Å²) < 4.78 is 0. The number of amides is 2. The summed E-state index contributed by atoms with van der Waals surface area (Å²) >= 11 is 0. The van der Waals surface area contributed by atoms with Crippen LogP contribution in [0, 0.1) is 0 Å². The van der Waals surface area contributed by atoms with Gasteiger partial charge in [0, 0.05) is 11.3 Å². The summed E-state index contributed by atoms with van der Waals surface area (Å²) in [5.41, 5.74) is 15.5. The predicted octanol–water partition coefficient (Wildman–Crippen LogP) is 3.76. The van der Waals surface area contributed by atoms with Crippen LogP contribution in [0.5, 0.6) is 0 Å². The Morgan fingerprint density at radius 1 is 1.04 bits per heavy atom. The van der Waals surface area contributed by atoms with Crippen LogP contribution >= 0.6 is 0 Å². The first-order chi connectivity index (χ1) is 13.3. The van der Waals surface area contributed by atoms with E-state index >= 15 is 0 Å². The summed E-state index contributed by atoms with van der Waals surface area (Å²) in [7, 11) is 0. The highest BCUT2D eigenvalue weighted by Crippen LogP contribution is 2.30. The molecular weight excluding hydrogens is 352 g/mol. The normalized spacial score (nSPS) is 15.5. The Morgan fingerprint density at radius 2 is 1.68 bits per heavy atom. The maximum Gasteiger partial charge on any atom is 0.255 e. The second-order valence-corrected chi connectivity index (χ2v) is 7.27. The minimum Gasteiger partial charge on any atom is -0.397 e. The Bertz CT molecular complexity index is 928. The Hall–Kier alpha value is -3.12. The largest absolute Gasteiger partial charge is 0.397 e. The van der Waals surface area contributed by atoms with Crippen LogP contribution in [-0.4, -0.2) is 17.4 Å². The quantitative estimate of drug-likeness (QED) is 0.594. The van der Waals surface area contributed by atoms with Crippen molar-refractivity contribution in [3.05, 3.63) is 59.7 Å². The summed E-state index contributed by atoms with van der Waals surface area (Å²) in [4.78, 5) is 24.8. The molecule has 6 nitrogen and oxygen atoms in total. The van der Waals surface area contributed by atoms with E-state index in [1.807, 2.05) is 32.1 Å². The van der Waals surface area contributed by atoms with Crippen molar-refractivity contribution in [3.63, 3.8) is 0 Å². The molecule has 0 unspecified atom stereocenters. The van der Waals surface area contributed by atoms with Gasteiger partial charge in [0.05, 0.1) is 16.9 Å². The monoisotopic (exact) mass is 378 g/mol. The third kappa shape index (κ3) is 4.07. The van der Waals surface area contributed by atoms with E-state index < -0.39 is 5.54 Å². The number of allylic oxidation sites excluding steroid dienone is 2. The van der Waals surface area contributed by atoms with Gasteiger partial charge in [0.1, 0.15) is 0 Å². The fourth-order valence-corrected chi connectivity index (χ4v) is 3.02. The lowest BCUT2D eigenvalue weighted by molar-refractivity contribution is -0.123. The fraction of sp³-hybridized carbons (Fsp3) is 0.273. The first-order valence-electron chi connectivity index (χ1n) is 9.37. The van der Waals surface area contributed by atoms with Gasteiger partial charge in [0.2, 0.25) is 5.91 Å². The third-order valence-electron chi connectivity index (χ3n) is 5.29. The van der Waals surface area contributed by atoms with E-state index in [0.29, 0.717) is 35.5 Å². The lowest BCUT2D eigenvalue weighted by Crippen LogP contribution is -2.56. The Balaban J connectivity index is 1.69. The molecule has 2 aromatic carbocycles. The lowest BCUT2D eigenvalue weighted by Gasteiger charge is -2.36. The summed E-state index contributed by atoms with van der Waals surface area (Å²) in [6, 6.07) is 12.3. The van der Waals surface area contributed by atoms with Crippen molar-refractivity contribution in [3.8, 4) is 0 Å². The fourth-order valence-electron chi connectivity index (χ4n) is 3.02. The van der Waals surface area contributed by atoms with Crippen molar-refractivity contribution in [2.75, 3.05) is 16.4 Å². The number of nitrogens with one attached hydrogen (secondary N) is 2. The van der Waals surface area contributed by atoms with Crippen LogP contribution in [0.25, 0.3) is 5.57 Å². The van der Waals surface area contributed by atoms with Gasteiger partial charge in [-0.05, 0) is 80.6 Å². The number of nitrogen functional groups attached to an aromatic ring is 1. The van der Waals surface area contributed by atoms with Crippen molar-refractivity contribution >= 4 is 34.4 Å². The number of benzene rings is 2. The molecule has 6 heteroatoms. The van der Waals surface area contributed by atoms with Crippen LogP contribution in [-0.2, 0) is 4.79 Å². The average molecular weight is 378 g/mol. The number of nitrogens with two attached hydrogens (primary N) is 2. The number of hydrogen-bond acceptors (Lipinski definition) is 4. The minimum absolute atomic E-state index is 0.181. The van der Waals surface area contributed by atoms with Crippen LogP contribution in [0.2, 0.25) is 0 Å². The van der Waals surface area contributed by atoms with E-state index in [2.05, 4.69) is 10.6 Å². The van der Waals surface area contributed by atoms with Crippen molar-refractivity contribution < 1.29 is 9.59 Å². The van der Waals surface area contributed by atoms with E-state index in [9.17, 15) is 9.59 Å². The van der Waals surface area contributed by atoms with Crippen LogP contribution in [0.4, 0.5) is 17.1 Å². The molecule has 3 rings (SSSR count). The molecule has 2 aromatic rings. The van der Waals surface area contributed by atoms with Crippen LogP contribution in [0.15, 0.2) is 48.5 Å². The highest BCUT2D eigenvalue weighted by Gasteiger charge is 2.40. The molecule has 1 saturated carbocycles. The zero-order valence-electron chi connectivity index (χ0n) is 16.2. The van der Waals surface area contributed by atoms with Gasteiger partial charge in [-0.15, -0.1) is 0 Å². The maximum absolute atomic E-state index is 12.6. The number of hydrogen-bond donors (Lipinski definition) is 4. The topological polar surface area (TPSA) is 110 Å². The van der Waals surface area contributed by atoms with Crippen molar-refractivity contribution in [1.29, 1.82) is 0 Å². The molecule has 1 aliphatic carbocycles. The second kappa shape index (κ2) is 7.86. The van der Waals surface area contributed by atoms with Crippen molar-refractivity contribution in [2.45, 2.75) is 38.6 Å². The Labute approximate surface area is 165 Å². The predicted molar refractivity (Wildman–Crippen MR) is 114 cm³/mol. The van der Waals surface area contributed by atoms with Gasteiger partial charge in [-0.2, -0.15) is 0 Å². The van der Waals surface area contributed by atoms with Gasteiger partial charge in [0.15, 0.2) is 0 Å². The van der Waals surface area contributed by atoms with Crippen LogP contribution in [0.3, 0.4) is 0 Å². The summed E-state index contributed by atoms with van der Waals surface area (Å²) in [5.74, 6) is -0.450. The maximum atomic E-state index is 12.6. The zero-order valence-corrected chi connectivity index (χ0v) is 16.2. The molecule has 0 heterocycles. The molecule has 28 heavy (non-hydrogen) atoms. The van der Waals surface area contributed by atoms with E-state index in [-0.39, 0.29) is 11.8 Å². The molecule has 146 valence electrons. The molecule has 0 radical (unpaired) electrons. The van der Waals surface area contributed by atoms with E-state index in [1.165, 1.54) is 0 Å². The number of carbonyl (C=O) groups is 2. The SMILES string of the molecule is C/C=C(\C)c1ccc(N)c(NC(=O)c2ccc(NC(=O)C3(N)CCC3)cc2)c1. The van der Waals surface area contributed by atoms with E-state index in [0.717, 1.165) is 17.6 Å². The first-order valence-corrected chi connectivity index (χ1v) is 9.37. The Kier molecular flexibility index (Phi) is 5.51. The van der Waals surface area contributed by atoms with Crippen molar-refractivity contribution in [2.24, 2.45) is 5.73 Å². The van der Waals surface area contributed by atoms with Gasteiger partial charge in [-0.25, -0.2) is 0 Å². The van der Waals surface area contributed by atoms with Gasteiger partial charge >= 0.3 is 0 Å².